The van der Waals surface area contributed by atoms with E-state index in [0.717, 1.165) is 11.8 Å². The molecule has 0 saturated carbocycles. The van der Waals surface area contributed by atoms with Crippen molar-refractivity contribution in [2.45, 2.75) is 130 Å². The summed E-state index contributed by atoms with van der Waals surface area (Å²) in [7, 11) is 0. The van der Waals surface area contributed by atoms with Crippen LogP contribution in [0.1, 0.15) is 130 Å². The molecule has 0 rings (SSSR count). The van der Waals surface area contributed by atoms with Gasteiger partial charge in [0.2, 0.25) is 0 Å². The molecule has 0 nitrogen and oxygen atoms in total. The molecule has 0 amide bonds. The third-order valence-electron chi connectivity index (χ3n) is 5.24. The molecular formula is C22H46. The van der Waals surface area contributed by atoms with Crippen molar-refractivity contribution in [3.05, 3.63) is 0 Å². The monoisotopic (exact) mass is 310 g/mol. The standard InChI is InChI=1S/C22H46/c1-5-9-11-13-15-19-22(17-8-4)20-21(16-7-3)18-14-12-10-6-2/h21-22H,5-20H2,1-4H3. The summed E-state index contributed by atoms with van der Waals surface area (Å²) < 4.78 is 0. The maximum Gasteiger partial charge on any atom is -0.0412 e. The lowest BCUT2D eigenvalue weighted by molar-refractivity contribution is 0.291. The first-order chi connectivity index (χ1) is 10.8. The van der Waals surface area contributed by atoms with Gasteiger partial charge in [0.25, 0.3) is 0 Å². The van der Waals surface area contributed by atoms with E-state index < -0.39 is 0 Å². The normalized spacial score (nSPS) is 14.2. The fourth-order valence-electron chi connectivity index (χ4n) is 3.94. The molecule has 0 heterocycles. The van der Waals surface area contributed by atoms with E-state index in [2.05, 4.69) is 27.7 Å². The molecule has 0 spiro atoms. The second-order valence-corrected chi connectivity index (χ2v) is 7.60. The second kappa shape index (κ2) is 17.4. The summed E-state index contributed by atoms with van der Waals surface area (Å²) in [5.41, 5.74) is 0. The van der Waals surface area contributed by atoms with E-state index >= 15 is 0 Å². The van der Waals surface area contributed by atoms with Gasteiger partial charge in [0, 0.05) is 0 Å². The van der Waals surface area contributed by atoms with Gasteiger partial charge in [0.15, 0.2) is 0 Å². The molecule has 0 aromatic rings. The fraction of sp³-hybridized carbons (Fsp3) is 1.00. The van der Waals surface area contributed by atoms with Crippen LogP contribution in [-0.2, 0) is 0 Å². The first kappa shape index (κ1) is 22.0. The third-order valence-corrected chi connectivity index (χ3v) is 5.24. The van der Waals surface area contributed by atoms with Gasteiger partial charge in [-0.3, -0.25) is 0 Å². The van der Waals surface area contributed by atoms with E-state index in [1.165, 1.54) is 103 Å². The molecule has 0 saturated heterocycles. The fourth-order valence-corrected chi connectivity index (χ4v) is 3.94. The maximum absolute atomic E-state index is 2.38. The number of hydrogen-bond donors (Lipinski definition) is 0. The zero-order valence-electron chi connectivity index (χ0n) is 16.5. The SMILES string of the molecule is CCCCCCCC(CCC)CC(CCC)CCCCCC. The van der Waals surface area contributed by atoms with Crippen LogP contribution in [0.5, 0.6) is 0 Å². The Balaban J connectivity index is 4.03. The predicted octanol–water partition coefficient (Wildman–Crippen LogP) is 8.54. The quantitative estimate of drug-likeness (QED) is 0.236. The van der Waals surface area contributed by atoms with E-state index in [9.17, 15) is 0 Å². The van der Waals surface area contributed by atoms with Crippen molar-refractivity contribution in [1.82, 2.24) is 0 Å². The van der Waals surface area contributed by atoms with Gasteiger partial charge in [-0.15, -0.1) is 0 Å². The van der Waals surface area contributed by atoms with E-state index in [0.29, 0.717) is 0 Å². The van der Waals surface area contributed by atoms with Crippen LogP contribution < -0.4 is 0 Å². The van der Waals surface area contributed by atoms with E-state index in [1.807, 2.05) is 0 Å². The Morgan fingerprint density at radius 2 is 0.818 bits per heavy atom. The summed E-state index contributed by atoms with van der Waals surface area (Å²) in [6.45, 7) is 9.38. The minimum atomic E-state index is 1.02. The molecule has 0 aliphatic carbocycles. The molecule has 0 fully saturated rings. The third kappa shape index (κ3) is 13.6. The number of hydrogen-bond acceptors (Lipinski definition) is 0. The summed E-state index contributed by atoms with van der Waals surface area (Å²) in [4.78, 5) is 0. The molecule has 22 heavy (non-hydrogen) atoms. The van der Waals surface area contributed by atoms with Gasteiger partial charge in [-0.2, -0.15) is 0 Å². The number of rotatable bonds is 17. The summed E-state index contributed by atoms with van der Waals surface area (Å²) in [6, 6.07) is 0. The molecule has 0 radical (unpaired) electrons. The Kier molecular flexibility index (Phi) is 17.4. The molecule has 2 atom stereocenters. The Bertz CT molecular complexity index is 196. The van der Waals surface area contributed by atoms with Crippen LogP contribution in [0.4, 0.5) is 0 Å². The lowest BCUT2D eigenvalue weighted by Crippen LogP contribution is -2.10. The van der Waals surface area contributed by atoms with Crippen molar-refractivity contribution >= 4 is 0 Å². The molecule has 2 unspecified atom stereocenters. The lowest BCUT2D eigenvalue weighted by atomic mass is 9.83. The highest BCUT2D eigenvalue weighted by Gasteiger charge is 2.15. The van der Waals surface area contributed by atoms with Crippen molar-refractivity contribution in [2.24, 2.45) is 11.8 Å². The largest absolute Gasteiger partial charge is 0.0654 e. The van der Waals surface area contributed by atoms with Crippen LogP contribution in [0.15, 0.2) is 0 Å². The molecule has 0 N–H and O–H groups in total. The summed E-state index contributed by atoms with van der Waals surface area (Å²) in [5.74, 6) is 2.04. The van der Waals surface area contributed by atoms with Crippen molar-refractivity contribution in [1.29, 1.82) is 0 Å². The van der Waals surface area contributed by atoms with E-state index in [-0.39, 0.29) is 0 Å². The van der Waals surface area contributed by atoms with E-state index in [4.69, 9.17) is 0 Å². The Morgan fingerprint density at radius 1 is 0.409 bits per heavy atom. The highest BCUT2D eigenvalue weighted by molar-refractivity contribution is 4.68. The van der Waals surface area contributed by atoms with Gasteiger partial charge in [0.05, 0.1) is 0 Å². The van der Waals surface area contributed by atoms with Crippen LogP contribution >= 0.6 is 0 Å². The van der Waals surface area contributed by atoms with Crippen LogP contribution in [0.25, 0.3) is 0 Å². The minimum absolute atomic E-state index is 1.02. The Morgan fingerprint density at radius 3 is 1.23 bits per heavy atom. The maximum atomic E-state index is 2.38. The molecule has 0 bridgehead atoms. The van der Waals surface area contributed by atoms with Gasteiger partial charge in [-0.25, -0.2) is 0 Å². The van der Waals surface area contributed by atoms with E-state index in [1.54, 1.807) is 0 Å². The minimum Gasteiger partial charge on any atom is -0.0654 e. The highest BCUT2D eigenvalue weighted by atomic mass is 14.2. The van der Waals surface area contributed by atoms with Crippen LogP contribution in [0.3, 0.4) is 0 Å². The molecule has 0 aliphatic heterocycles. The molecule has 0 aromatic heterocycles. The molecule has 134 valence electrons. The van der Waals surface area contributed by atoms with Crippen LogP contribution in [-0.4, -0.2) is 0 Å². The number of unbranched alkanes of at least 4 members (excludes halogenated alkanes) is 7. The molecule has 0 heteroatoms. The first-order valence-corrected chi connectivity index (χ1v) is 10.8. The molecule has 0 aliphatic rings. The summed E-state index contributed by atoms with van der Waals surface area (Å²) >= 11 is 0. The summed E-state index contributed by atoms with van der Waals surface area (Å²) in [5, 5.41) is 0. The Hall–Kier alpha value is 0. The zero-order valence-corrected chi connectivity index (χ0v) is 16.5. The van der Waals surface area contributed by atoms with Crippen molar-refractivity contribution in [3.63, 3.8) is 0 Å². The van der Waals surface area contributed by atoms with Crippen molar-refractivity contribution in [2.75, 3.05) is 0 Å². The van der Waals surface area contributed by atoms with Crippen LogP contribution in [0, 0.1) is 11.8 Å². The van der Waals surface area contributed by atoms with Gasteiger partial charge in [0.1, 0.15) is 0 Å². The van der Waals surface area contributed by atoms with Gasteiger partial charge >= 0.3 is 0 Å². The molecule has 0 aromatic carbocycles. The first-order valence-electron chi connectivity index (χ1n) is 10.8. The van der Waals surface area contributed by atoms with Gasteiger partial charge in [-0.05, 0) is 18.3 Å². The van der Waals surface area contributed by atoms with Gasteiger partial charge < -0.3 is 0 Å². The average molecular weight is 311 g/mol. The topological polar surface area (TPSA) is 0 Å². The zero-order chi connectivity index (χ0) is 16.5. The average Bonchev–Trinajstić information content (AvgIpc) is 2.51. The second-order valence-electron chi connectivity index (χ2n) is 7.60. The van der Waals surface area contributed by atoms with Crippen molar-refractivity contribution < 1.29 is 0 Å². The van der Waals surface area contributed by atoms with Crippen molar-refractivity contribution in [3.8, 4) is 0 Å². The predicted molar refractivity (Wildman–Crippen MR) is 104 cm³/mol. The summed E-state index contributed by atoms with van der Waals surface area (Å²) in [6.07, 6.45) is 23.2. The van der Waals surface area contributed by atoms with Gasteiger partial charge in [-0.1, -0.05) is 124 Å². The smallest absolute Gasteiger partial charge is 0.0412 e. The van der Waals surface area contributed by atoms with Crippen LogP contribution in [0.2, 0.25) is 0 Å². The Labute approximate surface area is 142 Å². The highest BCUT2D eigenvalue weighted by Crippen LogP contribution is 2.29. The molecular weight excluding hydrogens is 264 g/mol. The lowest BCUT2D eigenvalue weighted by Gasteiger charge is -2.23.